The van der Waals surface area contributed by atoms with Crippen LogP contribution >= 0.6 is 0 Å². The van der Waals surface area contributed by atoms with E-state index in [2.05, 4.69) is 14.9 Å². The summed E-state index contributed by atoms with van der Waals surface area (Å²) in [6, 6.07) is 6.85. The highest BCUT2D eigenvalue weighted by Crippen LogP contribution is 2.16. The highest BCUT2D eigenvalue weighted by atomic mass is 32.2. The van der Waals surface area contributed by atoms with E-state index in [9.17, 15) is 13.2 Å². The number of nitrogens with zero attached hydrogens (tertiary/aromatic N) is 2. The minimum absolute atomic E-state index is 0.166. The van der Waals surface area contributed by atoms with E-state index in [0.29, 0.717) is 18.0 Å². The fourth-order valence-electron chi connectivity index (χ4n) is 3.66. The second-order valence-corrected chi connectivity index (χ2v) is 9.17. The highest BCUT2D eigenvalue weighted by Gasteiger charge is 2.28. The van der Waals surface area contributed by atoms with Crippen LogP contribution in [0.15, 0.2) is 29.2 Å². The number of hydrogen-bond donors (Lipinski definition) is 2. The molecule has 8 heteroatoms. The Labute approximate surface area is 162 Å². The molecular weight excluding hydrogens is 364 g/mol. The fourth-order valence-corrected chi connectivity index (χ4v) is 4.68. The number of amides is 1. The molecule has 7 nitrogen and oxygen atoms in total. The van der Waals surface area contributed by atoms with Gasteiger partial charge in [-0.15, -0.1) is 0 Å². The standard InChI is InChI=1S/C19H30N4O3S/c1-16-2-4-18(5-3-16)27(25,26)21-10-11-22-12-14-23(15-13-22)19(24)17-6-8-20-9-7-17/h2-5,17,20-21H,6-15H2,1H3. The quantitative estimate of drug-likeness (QED) is 0.731. The summed E-state index contributed by atoms with van der Waals surface area (Å²) in [6.45, 7) is 7.86. The number of benzene rings is 1. The summed E-state index contributed by atoms with van der Waals surface area (Å²) in [5, 5.41) is 3.29. The van der Waals surface area contributed by atoms with Gasteiger partial charge < -0.3 is 10.2 Å². The maximum atomic E-state index is 12.6. The van der Waals surface area contributed by atoms with Crippen molar-refractivity contribution in [3.05, 3.63) is 29.8 Å². The number of rotatable bonds is 6. The lowest BCUT2D eigenvalue weighted by Gasteiger charge is -2.37. The molecule has 1 aromatic carbocycles. The van der Waals surface area contributed by atoms with E-state index in [1.54, 1.807) is 24.3 Å². The van der Waals surface area contributed by atoms with Gasteiger partial charge in [-0.25, -0.2) is 13.1 Å². The second-order valence-electron chi connectivity index (χ2n) is 7.40. The molecule has 2 N–H and O–H groups in total. The highest BCUT2D eigenvalue weighted by molar-refractivity contribution is 7.89. The van der Waals surface area contributed by atoms with Crippen LogP contribution in [0.3, 0.4) is 0 Å². The summed E-state index contributed by atoms with van der Waals surface area (Å²) >= 11 is 0. The first kappa shape index (κ1) is 20.3. The van der Waals surface area contributed by atoms with Crippen molar-refractivity contribution in [2.45, 2.75) is 24.7 Å². The maximum Gasteiger partial charge on any atom is 0.240 e. The Bertz CT molecular complexity index is 722. The van der Waals surface area contributed by atoms with Crippen molar-refractivity contribution >= 4 is 15.9 Å². The van der Waals surface area contributed by atoms with Gasteiger partial charge in [0.1, 0.15) is 0 Å². The molecule has 2 aliphatic rings. The number of sulfonamides is 1. The molecule has 1 amide bonds. The minimum atomic E-state index is -3.46. The third-order valence-electron chi connectivity index (χ3n) is 5.42. The van der Waals surface area contributed by atoms with Gasteiger partial charge in [0.25, 0.3) is 0 Å². The van der Waals surface area contributed by atoms with E-state index in [1.807, 2.05) is 11.8 Å². The van der Waals surface area contributed by atoms with E-state index in [1.165, 1.54) is 0 Å². The van der Waals surface area contributed by atoms with Gasteiger partial charge in [0.15, 0.2) is 0 Å². The summed E-state index contributed by atoms with van der Waals surface area (Å²) < 4.78 is 27.3. The zero-order valence-corrected chi connectivity index (χ0v) is 16.8. The summed E-state index contributed by atoms with van der Waals surface area (Å²) in [5.41, 5.74) is 1.03. The Morgan fingerprint density at radius 2 is 1.74 bits per heavy atom. The lowest BCUT2D eigenvalue weighted by molar-refractivity contribution is -0.138. The fraction of sp³-hybridized carbons (Fsp3) is 0.632. The van der Waals surface area contributed by atoms with Crippen LogP contribution in [0.1, 0.15) is 18.4 Å². The molecule has 0 aliphatic carbocycles. The molecule has 2 fully saturated rings. The monoisotopic (exact) mass is 394 g/mol. The van der Waals surface area contributed by atoms with Gasteiger partial charge in [0.2, 0.25) is 15.9 Å². The molecule has 3 rings (SSSR count). The van der Waals surface area contributed by atoms with Crippen LogP contribution in [-0.2, 0) is 14.8 Å². The van der Waals surface area contributed by atoms with Gasteiger partial charge in [0.05, 0.1) is 4.90 Å². The van der Waals surface area contributed by atoms with E-state index >= 15 is 0 Å². The Balaban J connectivity index is 1.40. The van der Waals surface area contributed by atoms with E-state index in [-0.39, 0.29) is 11.8 Å². The zero-order chi connectivity index (χ0) is 19.3. The van der Waals surface area contributed by atoms with E-state index < -0.39 is 10.0 Å². The predicted octanol–water partition coefficient (Wildman–Crippen LogP) is 0.417. The van der Waals surface area contributed by atoms with Crippen LogP contribution in [-0.4, -0.2) is 76.5 Å². The molecule has 0 spiro atoms. The predicted molar refractivity (Wildman–Crippen MR) is 105 cm³/mol. The van der Waals surface area contributed by atoms with Crippen molar-refractivity contribution in [3.63, 3.8) is 0 Å². The molecule has 0 saturated carbocycles. The lowest BCUT2D eigenvalue weighted by atomic mass is 9.96. The van der Waals surface area contributed by atoms with Gasteiger partial charge in [0, 0.05) is 45.2 Å². The molecular formula is C19H30N4O3S. The van der Waals surface area contributed by atoms with Crippen molar-refractivity contribution in [3.8, 4) is 0 Å². The molecule has 0 unspecified atom stereocenters. The first-order valence-electron chi connectivity index (χ1n) is 9.74. The van der Waals surface area contributed by atoms with Crippen molar-refractivity contribution < 1.29 is 13.2 Å². The summed E-state index contributed by atoms with van der Waals surface area (Å²) in [5.74, 6) is 0.454. The average molecular weight is 395 g/mol. The van der Waals surface area contributed by atoms with Crippen LogP contribution in [0.25, 0.3) is 0 Å². The molecule has 0 atom stereocenters. The molecule has 0 bridgehead atoms. The van der Waals surface area contributed by atoms with E-state index in [4.69, 9.17) is 0 Å². The van der Waals surface area contributed by atoms with Gasteiger partial charge >= 0.3 is 0 Å². The normalized spacial score (nSPS) is 20.0. The zero-order valence-electron chi connectivity index (χ0n) is 16.0. The number of aryl methyl sites for hydroxylation is 1. The Hall–Kier alpha value is -1.48. The van der Waals surface area contributed by atoms with Gasteiger partial charge in [-0.2, -0.15) is 0 Å². The molecule has 27 heavy (non-hydrogen) atoms. The average Bonchev–Trinajstić information content (AvgIpc) is 2.69. The van der Waals surface area contributed by atoms with Crippen LogP contribution in [0.2, 0.25) is 0 Å². The molecule has 2 aliphatic heterocycles. The van der Waals surface area contributed by atoms with Crippen LogP contribution in [0.4, 0.5) is 0 Å². The number of carbonyl (C=O) groups is 1. The third kappa shape index (κ3) is 5.51. The second kappa shape index (κ2) is 9.14. The smallest absolute Gasteiger partial charge is 0.240 e. The summed E-state index contributed by atoms with van der Waals surface area (Å²) in [4.78, 5) is 17.1. The lowest BCUT2D eigenvalue weighted by Crippen LogP contribution is -2.52. The van der Waals surface area contributed by atoms with E-state index in [0.717, 1.165) is 57.7 Å². The Kier molecular flexibility index (Phi) is 6.86. The number of piperidine rings is 1. The molecule has 2 heterocycles. The topological polar surface area (TPSA) is 81.8 Å². The first-order chi connectivity index (χ1) is 13.0. The van der Waals surface area contributed by atoms with Crippen molar-refractivity contribution in [2.24, 2.45) is 5.92 Å². The van der Waals surface area contributed by atoms with Crippen molar-refractivity contribution in [1.29, 1.82) is 0 Å². The number of nitrogens with one attached hydrogen (secondary N) is 2. The Morgan fingerprint density at radius 3 is 2.37 bits per heavy atom. The molecule has 0 aromatic heterocycles. The largest absolute Gasteiger partial charge is 0.340 e. The van der Waals surface area contributed by atoms with Crippen molar-refractivity contribution in [2.75, 3.05) is 52.4 Å². The molecule has 150 valence electrons. The van der Waals surface area contributed by atoms with Gasteiger partial charge in [-0.3, -0.25) is 9.69 Å². The summed E-state index contributed by atoms with van der Waals surface area (Å²) in [6.07, 6.45) is 1.86. The maximum absolute atomic E-state index is 12.6. The van der Waals surface area contributed by atoms with Crippen molar-refractivity contribution in [1.82, 2.24) is 19.8 Å². The van der Waals surface area contributed by atoms with Crippen LogP contribution < -0.4 is 10.0 Å². The molecule has 2 saturated heterocycles. The molecule has 0 radical (unpaired) electrons. The first-order valence-corrected chi connectivity index (χ1v) is 11.2. The van der Waals surface area contributed by atoms with Gasteiger partial charge in [-0.1, -0.05) is 17.7 Å². The number of carbonyl (C=O) groups excluding carboxylic acids is 1. The summed E-state index contributed by atoms with van der Waals surface area (Å²) in [7, 11) is -3.46. The number of piperazine rings is 1. The number of hydrogen-bond acceptors (Lipinski definition) is 5. The van der Waals surface area contributed by atoms with Gasteiger partial charge in [-0.05, 0) is 45.0 Å². The third-order valence-corrected chi connectivity index (χ3v) is 6.90. The van der Waals surface area contributed by atoms with Crippen LogP contribution in [0.5, 0.6) is 0 Å². The molecule has 1 aromatic rings. The Morgan fingerprint density at radius 1 is 1.11 bits per heavy atom. The minimum Gasteiger partial charge on any atom is -0.340 e. The SMILES string of the molecule is Cc1ccc(S(=O)(=O)NCCN2CCN(C(=O)C3CCNCC3)CC2)cc1. The van der Waals surface area contributed by atoms with Crippen LogP contribution in [0, 0.1) is 12.8 Å².